The number of carbonyl (C=O) groups is 1. The van der Waals surface area contributed by atoms with Gasteiger partial charge in [-0.3, -0.25) is 4.79 Å². The monoisotopic (exact) mass is 408 g/mol. The third-order valence-electron chi connectivity index (χ3n) is 5.40. The van der Waals surface area contributed by atoms with Crippen LogP contribution in [0.5, 0.6) is 5.75 Å². The minimum Gasteiger partial charge on any atom is -0.497 e. The van der Waals surface area contributed by atoms with Gasteiger partial charge < -0.3 is 14.6 Å². The van der Waals surface area contributed by atoms with Gasteiger partial charge >= 0.3 is 0 Å². The Balaban J connectivity index is 1.45. The Bertz CT molecular complexity index is 1030. The van der Waals surface area contributed by atoms with Crippen LogP contribution < -0.4 is 10.1 Å². The number of anilines is 1. The number of aryl methyl sites for hydroxylation is 2. The molecule has 7 heteroatoms. The van der Waals surface area contributed by atoms with E-state index in [-0.39, 0.29) is 11.7 Å². The number of nitrogens with one attached hydrogen (secondary N) is 1. The van der Waals surface area contributed by atoms with Crippen molar-refractivity contribution in [1.82, 2.24) is 14.8 Å². The molecule has 1 aliphatic heterocycles. The van der Waals surface area contributed by atoms with Crippen molar-refractivity contribution in [2.24, 2.45) is 0 Å². The van der Waals surface area contributed by atoms with Gasteiger partial charge in [-0.1, -0.05) is 18.6 Å². The second kappa shape index (κ2) is 9.07. The molecule has 0 saturated carbocycles. The molecule has 156 valence electrons. The Morgan fingerprint density at radius 1 is 1.13 bits per heavy atom. The average molecular weight is 408 g/mol. The number of rotatable bonds is 6. The molecule has 0 atom stereocenters. The summed E-state index contributed by atoms with van der Waals surface area (Å²) in [5.74, 6) is 1.72. The van der Waals surface area contributed by atoms with Gasteiger partial charge in [0.05, 0.1) is 12.7 Å². The van der Waals surface area contributed by atoms with Crippen LogP contribution in [0.25, 0.3) is 11.4 Å². The molecule has 6 nitrogen and oxygen atoms in total. The minimum absolute atomic E-state index is 0.122. The number of aromatic nitrogens is 3. The standard InChI is InChI=1S/C23H25FN4O2/c1-30-18-10-6-16(7-11-18)8-13-22(29)25-17-9-12-20(24)19(15-17)23-27-26-21-5-3-2-4-14-28(21)23/h6-7,9-12,15H,2-5,8,13-14H2,1H3,(H,25,29). The van der Waals surface area contributed by atoms with Gasteiger partial charge in [-0.25, -0.2) is 4.39 Å². The molecule has 0 unspecified atom stereocenters. The molecule has 1 N–H and O–H groups in total. The molecule has 2 heterocycles. The van der Waals surface area contributed by atoms with E-state index in [4.69, 9.17) is 4.74 Å². The van der Waals surface area contributed by atoms with Gasteiger partial charge in [-0.05, 0) is 55.2 Å². The van der Waals surface area contributed by atoms with Crippen LogP contribution in [0.2, 0.25) is 0 Å². The molecule has 0 spiro atoms. The summed E-state index contributed by atoms with van der Waals surface area (Å²) in [4.78, 5) is 12.4. The maximum atomic E-state index is 14.6. The number of fused-ring (bicyclic) bond motifs is 1. The Morgan fingerprint density at radius 2 is 1.97 bits per heavy atom. The van der Waals surface area contributed by atoms with Crippen molar-refractivity contribution in [3.05, 3.63) is 59.7 Å². The third-order valence-corrected chi connectivity index (χ3v) is 5.40. The van der Waals surface area contributed by atoms with Crippen molar-refractivity contribution >= 4 is 11.6 Å². The summed E-state index contributed by atoms with van der Waals surface area (Å²) >= 11 is 0. The number of nitrogens with zero attached hydrogens (tertiary/aromatic N) is 3. The van der Waals surface area contributed by atoms with Crippen LogP contribution in [0.15, 0.2) is 42.5 Å². The average Bonchev–Trinajstić information content (AvgIpc) is 3.01. The van der Waals surface area contributed by atoms with Crippen molar-refractivity contribution in [3.63, 3.8) is 0 Å². The Hall–Kier alpha value is -3.22. The van der Waals surface area contributed by atoms with E-state index in [1.54, 1.807) is 19.2 Å². The summed E-state index contributed by atoms with van der Waals surface area (Å²) < 4.78 is 21.7. The molecule has 2 aromatic carbocycles. The van der Waals surface area contributed by atoms with Gasteiger partial charge in [0.25, 0.3) is 0 Å². The number of amides is 1. The van der Waals surface area contributed by atoms with Crippen molar-refractivity contribution in [1.29, 1.82) is 0 Å². The molecule has 30 heavy (non-hydrogen) atoms. The van der Waals surface area contributed by atoms with Gasteiger partial charge in [-0.15, -0.1) is 10.2 Å². The first-order valence-corrected chi connectivity index (χ1v) is 10.3. The zero-order valence-corrected chi connectivity index (χ0v) is 17.0. The van der Waals surface area contributed by atoms with Crippen molar-refractivity contribution in [2.45, 2.75) is 45.1 Å². The van der Waals surface area contributed by atoms with E-state index in [0.29, 0.717) is 29.9 Å². The third kappa shape index (κ3) is 4.50. The molecule has 3 aromatic rings. The van der Waals surface area contributed by atoms with Crippen molar-refractivity contribution < 1.29 is 13.9 Å². The van der Waals surface area contributed by atoms with Crippen molar-refractivity contribution in [2.75, 3.05) is 12.4 Å². The molecule has 4 rings (SSSR count). The number of benzene rings is 2. The first-order valence-electron chi connectivity index (χ1n) is 10.3. The molecule has 0 aliphatic carbocycles. The van der Waals surface area contributed by atoms with E-state index >= 15 is 0 Å². The predicted molar refractivity (Wildman–Crippen MR) is 113 cm³/mol. The highest BCUT2D eigenvalue weighted by molar-refractivity contribution is 5.91. The largest absolute Gasteiger partial charge is 0.497 e. The van der Waals surface area contributed by atoms with Crippen LogP contribution in [0, 0.1) is 5.82 Å². The van der Waals surface area contributed by atoms with E-state index in [1.807, 2.05) is 28.8 Å². The number of methoxy groups -OCH3 is 1. The molecule has 0 saturated heterocycles. The lowest BCUT2D eigenvalue weighted by Crippen LogP contribution is -2.12. The van der Waals surface area contributed by atoms with Crippen molar-refractivity contribution in [3.8, 4) is 17.1 Å². The van der Waals surface area contributed by atoms with Crippen LogP contribution in [-0.4, -0.2) is 27.8 Å². The van der Waals surface area contributed by atoms with Gasteiger partial charge in [0.2, 0.25) is 5.91 Å². The number of hydrogen-bond acceptors (Lipinski definition) is 4. The summed E-state index contributed by atoms with van der Waals surface area (Å²) in [6.07, 6.45) is 5.04. The maximum Gasteiger partial charge on any atom is 0.224 e. The summed E-state index contributed by atoms with van der Waals surface area (Å²) in [6.45, 7) is 0.787. The first-order chi connectivity index (χ1) is 14.6. The highest BCUT2D eigenvalue weighted by atomic mass is 19.1. The second-order valence-electron chi connectivity index (χ2n) is 7.49. The lowest BCUT2D eigenvalue weighted by molar-refractivity contribution is -0.116. The first kappa shape index (κ1) is 20.1. The van der Waals surface area contributed by atoms with Gasteiger partial charge in [0.1, 0.15) is 17.4 Å². The SMILES string of the molecule is COc1ccc(CCC(=O)Nc2ccc(F)c(-c3nnc4n3CCCCC4)c2)cc1. The molecule has 0 fully saturated rings. The Labute approximate surface area is 175 Å². The molecule has 1 aliphatic rings. The zero-order chi connectivity index (χ0) is 20.9. The van der Waals surface area contributed by atoms with Gasteiger partial charge in [-0.2, -0.15) is 0 Å². The van der Waals surface area contributed by atoms with Crippen LogP contribution in [-0.2, 0) is 24.2 Å². The van der Waals surface area contributed by atoms with E-state index in [0.717, 1.165) is 49.4 Å². The maximum absolute atomic E-state index is 14.6. The summed E-state index contributed by atoms with van der Waals surface area (Å²) in [6, 6.07) is 12.2. The zero-order valence-electron chi connectivity index (χ0n) is 17.0. The lowest BCUT2D eigenvalue weighted by Gasteiger charge is -2.11. The van der Waals surface area contributed by atoms with Crippen LogP contribution in [0.4, 0.5) is 10.1 Å². The molecular formula is C23H25FN4O2. The summed E-state index contributed by atoms with van der Waals surface area (Å²) in [5.41, 5.74) is 1.97. The Kier molecular flexibility index (Phi) is 6.07. The van der Waals surface area contributed by atoms with E-state index in [2.05, 4.69) is 15.5 Å². The number of ether oxygens (including phenoxy) is 1. The predicted octanol–water partition coefficient (Wildman–Crippen LogP) is 4.39. The minimum atomic E-state index is -0.370. The molecule has 1 amide bonds. The fourth-order valence-corrected chi connectivity index (χ4v) is 3.73. The fourth-order valence-electron chi connectivity index (χ4n) is 3.73. The summed E-state index contributed by atoms with van der Waals surface area (Å²) in [7, 11) is 1.62. The lowest BCUT2D eigenvalue weighted by atomic mass is 10.1. The second-order valence-corrected chi connectivity index (χ2v) is 7.49. The normalized spacial score (nSPS) is 13.4. The van der Waals surface area contributed by atoms with E-state index in [9.17, 15) is 9.18 Å². The van der Waals surface area contributed by atoms with Crippen LogP contribution >= 0.6 is 0 Å². The number of carbonyl (C=O) groups excluding carboxylic acids is 1. The summed E-state index contributed by atoms with van der Waals surface area (Å²) in [5, 5.41) is 11.4. The topological polar surface area (TPSA) is 69.0 Å². The molecule has 0 bridgehead atoms. The highest BCUT2D eigenvalue weighted by Gasteiger charge is 2.19. The molecule has 1 aromatic heterocycles. The van der Waals surface area contributed by atoms with Gasteiger partial charge in [0.15, 0.2) is 5.82 Å². The van der Waals surface area contributed by atoms with Crippen LogP contribution in [0.3, 0.4) is 0 Å². The smallest absolute Gasteiger partial charge is 0.224 e. The highest BCUT2D eigenvalue weighted by Crippen LogP contribution is 2.27. The molecular weight excluding hydrogens is 383 g/mol. The van der Waals surface area contributed by atoms with Gasteiger partial charge in [0, 0.05) is 25.1 Å². The number of hydrogen-bond donors (Lipinski definition) is 1. The van der Waals surface area contributed by atoms with E-state index < -0.39 is 0 Å². The van der Waals surface area contributed by atoms with E-state index in [1.165, 1.54) is 6.07 Å². The number of halogens is 1. The quantitative estimate of drug-likeness (QED) is 0.657. The fraction of sp³-hybridized carbons (Fsp3) is 0.348. The molecule has 0 radical (unpaired) electrons. The van der Waals surface area contributed by atoms with Crippen LogP contribution in [0.1, 0.15) is 37.1 Å². The Morgan fingerprint density at radius 3 is 2.77 bits per heavy atom.